The van der Waals surface area contributed by atoms with Crippen molar-refractivity contribution < 1.29 is 14.7 Å². The Hall–Kier alpha value is -1.16. The monoisotopic (exact) mass is 226 g/mol. The molecule has 3 nitrogen and oxygen atoms in total. The minimum Gasteiger partial charge on any atom is -0.481 e. The Balaban J connectivity index is 3.25. The van der Waals surface area contributed by atoms with Crippen molar-refractivity contribution in [3.63, 3.8) is 0 Å². The summed E-state index contributed by atoms with van der Waals surface area (Å²) in [6.45, 7) is 3.66. The van der Waals surface area contributed by atoms with Gasteiger partial charge in [0.1, 0.15) is 11.7 Å². The van der Waals surface area contributed by atoms with E-state index in [4.69, 9.17) is 0 Å². The molecule has 15 heavy (non-hydrogen) atoms. The van der Waals surface area contributed by atoms with Gasteiger partial charge in [-0.2, -0.15) is 0 Å². The summed E-state index contributed by atoms with van der Waals surface area (Å²) >= 11 is 1.39. The quantitative estimate of drug-likeness (QED) is 0.784. The fourth-order valence-corrected chi connectivity index (χ4v) is 2.80. The summed E-state index contributed by atoms with van der Waals surface area (Å²) in [7, 11) is 0. The van der Waals surface area contributed by atoms with Gasteiger partial charge in [0.15, 0.2) is 0 Å². The van der Waals surface area contributed by atoms with Crippen molar-refractivity contribution in [2.45, 2.75) is 25.7 Å². The van der Waals surface area contributed by atoms with Gasteiger partial charge in [0.25, 0.3) is 0 Å². The van der Waals surface area contributed by atoms with Crippen molar-refractivity contribution in [1.29, 1.82) is 0 Å². The fourth-order valence-electron chi connectivity index (χ4n) is 1.72. The van der Waals surface area contributed by atoms with Crippen molar-refractivity contribution in [3.8, 4) is 0 Å². The maximum absolute atomic E-state index is 11.4. The Labute approximate surface area is 92.7 Å². The number of carbonyl (C=O) groups excluding carboxylic acids is 1. The Morgan fingerprint density at radius 2 is 2.33 bits per heavy atom. The van der Waals surface area contributed by atoms with Crippen molar-refractivity contribution in [3.05, 3.63) is 22.4 Å². The molecule has 0 bridgehead atoms. The molecular formula is C11H14O3S. The maximum Gasteiger partial charge on any atom is 0.315 e. The van der Waals surface area contributed by atoms with Crippen LogP contribution in [0.25, 0.3) is 0 Å². The average molecular weight is 226 g/mol. The molecule has 1 heterocycles. The van der Waals surface area contributed by atoms with E-state index in [1.54, 1.807) is 6.07 Å². The van der Waals surface area contributed by atoms with Crippen LogP contribution in [0.4, 0.5) is 0 Å². The van der Waals surface area contributed by atoms with E-state index in [-0.39, 0.29) is 12.3 Å². The SMILES string of the molecule is CC(C)C(CC=O)(C(=O)O)c1cccs1. The van der Waals surface area contributed by atoms with E-state index in [1.807, 2.05) is 25.3 Å². The molecule has 0 aliphatic carbocycles. The number of carboxylic acid groups (broad SMARTS) is 1. The van der Waals surface area contributed by atoms with E-state index in [9.17, 15) is 14.7 Å². The molecule has 1 N–H and O–H groups in total. The lowest BCUT2D eigenvalue weighted by atomic mass is 9.73. The topological polar surface area (TPSA) is 54.4 Å². The van der Waals surface area contributed by atoms with Crippen molar-refractivity contribution in [1.82, 2.24) is 0 Å². The van der Waals surface area contributed by atoms with E-state index in [0.717, 1.165) is 4.88 Å². The van der Waals surface area contributed by atoms with Gasteiger partial charge in [-0.3, -0.25) is 4.79 Å². The lowest BCUT2D eigenvalue weighted by molar-refractivity contribution is -0.147. The summed E-state index contributed by atoms with van der Waals surface area (Å²) in [5.41, 5.74) is -1.06. The summed E-state index contributed by atoms with van der Waals surface area (Å²) in [5, 5.41) is 11.2. The number of thiophene rings is 1. The lowest BCUT2D eigenvalue weighted by Gasteiger charge is -2.30. The molecule has 1 atom stereocenters. The van der Waals surface area contributed by atoms with Gasteiger partial charge in [0.05, 0.1) is 0 Å². The highest BCUT2D eigenvalue weighted by atomic mass is 32.1. The fraction of sp³-hybridized carbons (Fsp3) is 0.455. The van der Waals surface area contributed by atoms with Gasteiger partial charge in [-0.25, -0.2) is 0 Å². The summed E-state index contributed by atoms with van der Waals surface area (Å²) < 4.78 is 0. The van der Waals surface area contributed by atoms with Crippen LogP contribution in [0.5, 0.6) is 0 Å². The number of rotatable bonds is 5. The molecule has 0 radical (unpaired) electrons. The highest BCUT2D eigenvalue weighted by molar-refractivity contribution is 7.10. The number of carbonyl (C=O) groups is 2. The first-order valence-corrected chi connectivity index (χ1v) is 5.64. The van der Waals surface area contributed by atoms with Gasteiger partial charge in [-0.15, -0.1) is 11.3 Å². The van der Waals surface area contributed by atoms with Gasteiger partial charge < -0.3 is 9.90 Å². The predicted octanol–water partition coefficient (Wildman–Crippen LogP) is 2.32. The summed E-state index contributed by atoms with van der Waals surface area (Å²) in [5.74, 6) is -1.04. The number of aldehydes is 1. The Bertz CT molecular complexity index is 343. The second kappa shape index (κ2) is 4.57. The Morgan fingerprint density at radius 3 is 2.67 bits per heavy atom. The third-order valence-electron chi connectivity index (χ3n) is 2.73. The van der Waals surface area contributed by atoms with Crippen LogP contribution in [0, 0.1) is 5.92 Å². The second-order valence-electron chi connectivity index (χ2n) is 3.78. The second-order valence-corrected chi connectivity index (χ2v) is 4.73. The van der Waals surface area contributed by atoms with Crippen LogP contribution in [0.2, 0.25) is 0 Å². The van der Waals surface area contributed by atoms with Crippen LogP contribution in [0.1, 0.15) is 25.1 Å². The maximum atomic E-state index is 11.4. The molecule has 0 aliphatic rings. The highest BCUT2D eigenvalue weighted by Crippen LogP contribution is 2.38. The Kier molecular flexibility index (Phi) is 3.63. The van der Waals surface area contributed by atoms with E-state index >= 15 is 0 Å². The molecule has 4 heteroatoms. The molecule has 0 amide bonds. The van der Waals surface area contributed by atoms with Gasteiger partial charge in [-0.05, 0) is 17.4 Å². The third kappa shape index (κ3) is 1.95. The standard InChI is InChI=1S/C11H14O3S/c1-8(2)11(5-6-12,10(13)14)9-4-3-7-15-9/h3-4,6-8H,5H2,1-2H3,(H,13,14). The van der Waals surface area contributed by atoms with E-state index in [1.165, 1.54) is 11.3 Å². The molecule has 0 saturated carbocycles. The van der Waals surface area contributed by atoms with Crippen LogP contribution in [-0.2, 0) is 15.0 Å². The first-order valence-electron chi connectivity index (χ1n) is 4.76. The molecule has 1 aromatic rings. The highest BCUT2D eigenvalue weighted by Gasteiger charge is 2.43. The molecule has 1 aromatic heterocycles. The first kappa shape index (κ1) is 11.9. The third-order valence-corrected chi connectivity index (χ3v) is 3.78. The molecule has 82 valence electrons. The van der Waals surface area contributed by atoms with Crippen LogP contribution >= 0.6 is 11.3 Å². The summed E-state index contributed by atoms with van der Waals surface area (Å²) in [6, 6.07) is 3.59. The largest absolute Gasteiger partial charge is 0.481 e. The van der Waals surface area contributed by atoms with Gasteiger partial charge in [0.2, 0.25) is 0 Å². The van der Waals surface area contributed by atoms with Crippen LogP contribution < -0.4 is 0 Å². The molecule has 1 unspecified atom stereocenters. The van der Waals surface area contributed by atoms with Gasteiger partial charge >= 0.3 is 5.97 Å². The van der Waals surface area contributed by atoms with Crippen molar-refractivity contribution in [2.75, 3.05) is 0 Å². The molecular weight excluding hydrogens is 212 g/mol. The zero-order valence-electron chi connectivity index (χ0n) is 8.77. The molecule has 0 aromatic carbocycles. The lowest BCUT2D eigenvalue weighted by Crippen LogP contribution is -2.40. The van der Waals surface area contributed by atoms with Gasteiger partial charge in [0, 0.05) is 11.3 Å². The minimum atomic E-state index is -1.06. The first-order chi connectivity index (χ1) is 7.05. The number of hydrogen-bond donors (Lipinski definition) is 1. The molecule has 0 spiro atoms. The van der Waals surface area contributed by atoms with E-state index < -0.39 is 11.4 Å². The number of hydrogen-bond acceptors (Lipinski definition) is 3. The zero-order chi connectivity index (χ0) is 11.5. The number of carboxylic acids is 1. The van der Waals surface area contributed by atoms with Crippen molar-refractivity contribution in [2.24, 2.45) is 5.92 Å². The minimum absolute atomic E-state index is 0.0283. The normalized spacial score (nSPS) is 14.9. The predicted molar refractivity (Wildman–Crippen MR) is 59.2 cm³/mol. The van der Waals surface area contributed by atoms with Gasteiger partial charge in [-0.1, -0.05) is 19.9 Å². The average Bonchev–Trinajstić information content (AvgIpc) is 2.65. The van der Waals surface area contributed by atoms with E-state index in [0.29, 0.717) is 6.29 Å². The molecule has 0 saturated heterocycles. The van der Waals surface area contributed by atoms with Crippen LogP contribution in [0.15, 0.2) is 17.5 Å². The summed E-state index contributed by atoms with van der Waals surface area (Å²) in [6.07, 6.45) is 0.717. The van der Waals surface area contributed by atoms with E-state index in [2.05, 4.69) is 0 Å². The molecule has 1 rings (SSSR count). The van der Waals surface area contributed by atoms with Crippen LogP contribution in [0.3, 0.4) is 0 Å². The number of aliphatic carboxylic acids is 1. The smallest absolute Gasteiger partial charge is 0.315 e. The van der Waals surface area contributed by atoms with Crippen LogP contribution in [-0.4, -0.2) is 17.4 Å². The molecule has 0 aliphatic heterocycles. The molecule has 0 fully saturated rings. The zero-order valence-corrected chi connectivity index (χ0v) is 9.58. The Morgan fingerprint density at radius 1 is 1.67 bits per heavy atom. The van der Waals surface area contributed by atoms with Crippen molar-refractivity contribution >= 4 is 23.6 Å². The summed E-state index contributed by atoms with van der Waals surface area (Å²) in [4.78, 5) is 22.8.